The summed E-state index contributed by atoms with van der Waals surface area (Å²) in [6.45, 7) is 2.67. The molecule has 1 saturated heterocycles. The first-order chi connectivity index (χ1) is 16.3. The summed E-state index contributed by atoms with van der Waals surface area (Å²) < 4.78 is 41.2. The van der Waals surface area contributed by atoms with Crippen molar-refractivity contribution in [1.82, 2.24) is 14.2 Å². The van der Waals surface area contributed by atoms with Crippen LogP contribution in [0, 0.1) is 11.7 Å². The van der Waals surface area contributed by atoms with Crippen LogP contribution in [0.2, 0.25) is 0 Å². The summed E-state index contributed by atoms with van der Waals surface area (Å²) >= 11 is 0. The Morgan fingerprint density at radius 2 is 1.85 bits per heavy atom. The number of pyridine rings is 1. The van der Waals surface area contributed by atoms with Gasteiger partial charge in [0, 0.05) is 54.8 Å². The van der Waals surface area contributed by atoms with Crippen molar-refractivity contribution < 1.29 is 17.6 Å². The van der Waals surface area contributed by atoms with Crippen LogP contribution >= 0.6 is 0 Å². The van der Waals surface area contributed by atoms with Crippen molar-refractivity contribution in [3.8, 4) is 0 Å². The highest BCUT2D eigenvalue weighted by atomic mass is 32.2. The van der Waals surface area contributed by atoms with Gasteiger partial charge < -0.3 is 4.90 Å². The molecule has 2 aromatic carbocycles. The van der Waals surface area contributed by atoms with E-state index in [0.717, 1.165) is 37.7 Å². The Hall–Kier alpha value is -2.68. The van der Waals surface area contributed by atoms with Crippen LogP contribution in [0.5, 0.6) is 0 Å². The minimum atomic E-state index is -3.56. The molecular formula is C26H30FN3O3S. The van der Waals surface area contributed by atoms with Gasteiger partial charge in [0.15, 0.2) is 5.78 Å². The number of benzene rings is 2. The van der Waals surface area contributed by atoms with Gasteiger partial charge in [0.2, 0.25) is 10.0 Å². The quantitative estimate of drug-likeness (QED) is 0.423. The molecule has 0 radical (unpaired) electrons. The number of fused-ring (bicyclic) bond motifs is 1. The number of rotatable bonds is 9. The Labute approximate surface area is 200 Å². The Balaban J connectivity index is 1.25. The number of sulfonamides is 1. The van der Waals surface area contributed by atoms with Crippen LogP contribution in [0.1, 0.15) is 36.0 Å². The molecule has 2 heterocycles. The van der Waals surface area contributed by atoms with Gasteiger partial charge in [-0.15, -0.1) is 0 Å². The molecule has 1 aliphatic rings. The second-order valence-electron chi connectivity index (χ2n) is 9.00. The summed E-state index contributed by atoms with van der Waals surface area (Å²) in [5.74, 6) is 0.0988. The molecule has 1 aliphatic heterocycles. The van der Waals surface area contributed by atoms with E-state index >= 15 is 0 Å². The molecule has 1 fully saturated rings. The average Bonchev–Trinajstić information content (AvgIpc) is 2.84. The predicted octanol–water partition coefficient (Wildman–Crippen LogP) is 4.37. The number of Topliss-reactive ketones (excluding diaryl/α,β-unsaturated/α-hetero) is 1. The monoisotopic (exact) mass is 483 g/mol. The smallest absolute Gasteiger partial charge is 0.243 e. The molecular weight excluding hydrogens is 453 g/mol. The molecule has 0 bridgehead atoms. The minimum absolute atomic E-state index is 0.0242. The second kappa shape index (κ2) is 10.7. The average molecular weight is 484 g/mol. The van der Waals surface area contributed by atoms with Crippen molar-refractivity contribution in [1.29, 1.82) is 0 Å². The third-order valence-electron chi connectivity index (χ3n) is 6.51. The maximum Gasteiger partial charge on any atom is 0.243 e. The lowest BCUT2D eigenvalue weighted by Gasteiger charge is -2.33. The lowest BCUT2D eigenvalue weighted by Crippen LogP contribution is -2.41. The molecule has 0 aliphatic carbocycles. The topological polar surface area (TPSA) is 70.6 Å². The van der Waals surface area contributed by atoms with E-state index in [0.29, 0.717) is 41.3 Å². The number of halogens is 1. The summed E-state index contributed by atoms with van der Waals surface area (Å²) in [6.07, 6.45) is 6.08. The SMILES string of the molecule is CN(CCCC(=O)c1ccc(F)cc1)CC1CCN(S(=O)(=O)c2cccc3cnccc23)CC1. The molecule has 8 heteroatoms. The molecule has 34 heavy (non-hydrogen) atoms. The number of carbonyl (C=O) groups is 1. The molecule has 0 unspecified atom stereocenters. The molecule has 180 valence electrons. The standard InChI is InChI=1S/C26H30FN3O3S/c1-29(15-3-5-25(31)21-7-9-23(27)10-8-21)19-20-12-16-30(17-13-20)34(32,33)26-6-2-4-22-18-28-14-11-24(22)26/h2,4,6-11,14,18,20H,3,5,12-13,15-17,19H2,1H3. The van der Waals surface area contributed by atoms with Crippen LogP contribution < -0.4 is 0 Å². The highest BCUT2D eigenvalue weighted by Gasteiger charge is 2.30. The maximum atomic E-state index is 13.3. The van der Waals surface area contributed by atoms with E-state index in [1.807, 2.05) is 13.1 Å². The number of hydrogen-bond donors (Lipinski definition) is 0. The van der Waals surface area contributed by atoms with Crippen molar-refractivity contribution in [3.05, 3.63) is 72.3 Å². The number of nitrogens with zero attached hydrogens (tertiary/aromatic N) is 3. The lowest BCUT2D eigenvalue weighted by molar-refractivity contribution is 0.0974. The zero-order valence-corrected chi connectivity index (χ0v) is 20.2. The molecule has 0 N–H and O–H groups in total. The largest absolute Gasteiger partial charge is 0.306 e. The second-order valence-corrected chi connectivity index (χ2v) is 10.9. The van der Waals surface area contributed by atoms with Gasteiger partial charge in [0.05, 0.1) is 4.90 Å². The van der Waals surface area contributed by atoms with Gasteiger partial charge in [0.1, 0.15) is 5.82 Å². The van der Waals surface area contributed by atoms with E-state index in [-0.39, 0.29) is 11.6 Å². The Morgan fingerprint density at radius 3 is 2.59 bits per heavy atom. The van der Waals surface area contributed by atoms with Gasteiger partial charge in [-0.3, -0.25) is 9.78 Å². The summed E-state index contributed by atoms with van der Waals surface area (Å²) in [5.41, 5.74) is 0.542. The number of hydrogen-bond acceptors (Lipinski definition) is 5. The van der Waals surface area contributed by atoms with E-state index in [1.165, 1.54) is 24.3 Å². The van der Waals surface area contributed by atoms with Gasteiger partial charge in [0.25, 0.3) is 0 Å². The molecule has 0 saturated carbocycles. The van der Waals surface area contributed by atoms with Crippen LogP contribution in [0.15, 0.2) is 65.8 Å². The van der Waals surface area contributed by atoms with Crippen molar-refractivity contribution >= 4 is 26.6 Å². The molecule has 4 rings (SSSR count). The molecule has 1 aromatic heterocycles. The summed E-state index contributed by atoms with van der Waals surface area (Å²) in [4.78, 5) is 18.9. The van der Waals surface area contributed by atoms with Crippen LogP contribution in [0.4, 0.5) is 4.39 Å². The molecule has 0 spiro atoms. The zero-order valence-electron chi connectivity index (χ0n) is 19.4. The summed E-state index contributed by atoms with van der Waals surface area (Å²) in [5, 5.41) is 1.52. The Morgan fingerprint density at radius 1 is 1.12 bits per heavy atom. The third-order valence-corrected chi connectivity index (χ3v) is 8.47. The van der Waals surface area contributed by atoms with Crippen molar-refractivity contribution in [2.75, 3.05) is 33.2 Å². The normalized spacial score (nSPS) is 15.7. The highest BCUT2D eigenvalue weighted by molar-refractivity contribution is 7.89. The van der Waals surface area contributed by atoms with E-state index in [9.17, 15) is 17.6 Å². The molecule has 0 amide bonds. The van der Waals surface area contributed by atoms with E-state index in [4.69, 9.17) is 0 Å². The molecule has 3 aromatic rings. The number of ketones is 1. The van der Waals surface area contributed by atoms with Gasteiger partial charge >= 0.3 is 0 Å². The fourth-order valence-electron chi connectivity index (χ4n) is 4.61. The van der Waals surface area contributed by atoms with E-state index in [2.05, 4.69) is 9.88 Å². The van der Waals surface area contributed by atoms with Crippen molar-refractivity contribution in [2.24, 2.45) is 5.92 Å². The maximum absolute atomic E-state index is 13.3. The number of piperidine rings is 1. The van der Waals surface area contributed by atoms with E-state index < -0.39 is 10.0 Å². The highest BCUT2D eigenvalue weighted by Crippen LogP contribution is 2.28. The number of aromatic nitrogens is 1. The van der Waals surface area contributed by atoms with Gasteiger partial charge in [-0.05, 0) is 75.2 Å². The first-order valence-electron chi connectivity index (χ1n) is 11.6. The Kier molecular flexibility index (Phi) is 7.70. The van der Waals surface area contributed by atoms with E-state index in [1.54, 1.807) is 34.9 Å². The molecule has 6 nitrogen and oxygen atoms in total. The summed E-state index contributed by atoms with van der Waals surface area (Å²) in [7, 11) is -1.53. The van der Waals surface area contributed by atoms with Crippen molar-refractivity contribution in [3.63, 3.8) is 0 Å². The summed E-state index contributed by atoms with van der Waals surface area (Å²) in [6, 6.07) is 12.7. The van der Waals surface area contributed by atoms with Crippen LogP contribution in [-0.2, 0) is 10.0 Å². The zero-order chi connectivity index (χ0) is 24.1. The number of carbonyl (C=O) groups excluding carboxylic acids is 1. The van der Waals surface area contributed by atoms with Gasteiger partial charge in [-0.2, -0.15) is 4.31 Å². The Bertz CT molecular complexity index is 1230. The minimum Gasteiger partial charge on any atom is -0.306 e. The lowest BCUT2D eigenvalue weighted by atomic mass is 9.97. The van der Waals surface area contributed by atoms with Crippen LogP contribution in [0.3, 0.4) is 0 Å². The van der Waals surface area contributed by atoms with Crippen LogP contribution in [0.25, 0.3) is 10.8 Å². The predicted molar refractivity (Wildman–Crippen MR) is 131 cm³/mol. The van der Waals surface area contributed by atoms with Gasteiger partial charge in [-0.1, -0.05) is 12.1 Å². The fourth-order valence-corrected chi connectivity index (χ4v) is 6.29. The van der Waals surface area contributed by atoms with Crippen LogP contribution in [-0.4, -0.2) is 61.6 Å². The molecule has 0 atom stereocenters. The van der Waals surface area contributed by atoms with Gasteiger partial charge in [-0.25, -0.2) is 12.8 Å². The van der Waals surface area contributed by atoms with Crippen molar-refractivity contribution in [2.45, 2.75) is 30.6 Å². The fraction of sp³-hybridized carbons (Fsp3) is 0.385. The first-order valence-corrected chi connectivity index (χ1v) is 13.1. The third kappa shape index (κ3) is 5.68. The first kappa shape index (κ1) is 24.4.